The minimum atomic E-state index is -0.0958. The van der Waals surface area contributed by atoms with Gasteiger partial charge < -0.3 is 14.5 Å². The average Bonchev–Trinajstić information content (AvgIpc) is 3.19. The predicted octanol–water partition coefficient (Wildman–Crippen LogP) is 2.95. The SMILES string of the molecule is O=C(c1cnc2ccccc2c1)N1CC2(CC[C@@H](CN3CCCC3)CO2)C1. The van der Waals surface area contributed by atoms with E-state index in [0.29, 0.717) is 11.5 Å². The maximum Gasteiger partial charge on any atom is 0.255 e. The lowest BCUT2D eigenvalue weighted by atomic mass is 9.82. The standard InChI is InChI=1S/C22H27N3O2/c26-21(19-11-18-5-1-2-6-20(18)23-12-19)25-15-22(16-25)8-7-17(14-27-22)13-24-9-3-4-10-24/h1-2,5-6,11-12,17H,3-4,7-10,13-16H2/t17-/m0/s1. The Morgan fingerprint density at radius 3 is 2.81 bits per heavy atom. The predicted molar refractivity (Wildman–Crippen MR) is 105 cm³/mol. The number of likely N-dealkylation sites (tertiary alicyclic amines) is 2. The molecule has 0 bridgehead atoms. The largest absolute Gasteiger partial charge is 0.371 e. The number of pyridine rings is 1. The first-order chi connectivity index (χ1) is 13.2. The lowest BCUT2D eigenvalue weighted by molar-refractivity contribution is -0.168. The second-order valence-electron chi connectivity index (χ2n) is 8.48. The second-order valence-corrected chi connectivity index (χ2v) is 8.48. The van der Waals surface area contributed by atoms with Gasteiger partial charge in [0.15, 0.2) is 0 Å². The van der Waals surface area contributed by atoms with Crippen molar-refractivity contribution in [2.75, 3.05) is 39.3 Å². The number of hydrogen-bond acceptors (Lipinski definition) is 4. The van der Waals surface area contributed by atoms with Crippen LogP contribution in [-0.4, -0.2) is 65.6 Å². The molecular formula is C22H27N3O2. The molecule has 4 heterocycles. The number of aromatic nitrogens is 1. The van der Waals surface area contributed by atoms with Gasteiger partial charge in [0.25, 0.3) is 5.91 Å². The van der Waals surface area contributed by atoms with Gasteiger partial charge in [0.2, 0.25) is 0 Å². The van der Waals surface area contributed by atoms with Crippen LogP contribution in [0.25, 0.3) is 10.9 Å². The van der Waals surface area contributed by atoms with Crippen LogP contribution in [0.5, 0.6) is 0 Å². The molecule has 0 N–H and O–H groups in total. The van der Waals surface area contributed by atoms with Crippen LogP contribution < -0.4 is 0 Å². The zero-order chi connectivity index (χ0) is 18.3. The van der Waals surface area contributed by atoms with Gasteiger partial charge in [-0.05, 0) is 56.8 Å². The monoisotopic (exact) mass is 365 g/mol. The highest BCUT2D eigenvalue weighted by molar-refractivity contribution is 5.97. The van der Waals surface area contributed by atoms with E-state index in [1.54, 1.807) is 6.20 Å². The fourth-order valence-electron chi connectivity index (χ4n) is 4.80. The van der Waals surface area contributed by atoms with Gasteiger partial charge in [-0.1, -0.05) is 18.2 Å². The van der Waals surface area contributed by atoms with Crippen molar-refractivity contribution in [1.29, 1.82) is 0 Å². The van der Waals surface area contributed by atoms with Gasteiger partial charge in [0, 0.05) is 18.1 Å². The Hall–Kier alpha value is -1.98. The van der Waals surface area contributed by atoms with E-state index in [0.717, 1.165) is 37.0 Å². The number of benzene rings is 1. The van der Waals surface area contributed by atoms with Crippen molar-refractivity contribution in [3.63, 3.8) is 0 Å². The molecule has 0 unspecified atom stereocenters. The summed E-state index contributed by atoms with van der Waals surface area (Å²) in [6.07, 6.45) is 6.68. The van der Waals surface area contributed by atoms with Crippen LogP contribution >= 0.6 is 0 Å². The molecule has 3 fully saturated rings. The molecule has 0 saturated carbocycles. The smallest absolute Gasteiger partial charge is 0.255 e. The summed E-state index contributed by atoms with van der Waals surface area (Å²) in [4.78, 5) is 21.7. The highest BCUT2D eigenvalue weighted by Gasteiger charge is 2.48. The number of carbonyl (C=O) groups is 1. The molecule has 142 valence electrons. The lowest BCUT2D eigenvalue weighted by Gasteiger charge is -2.53. The summed E-state index contributed by atoms with van der Waals surface area (Å²) in [7, 11) is 0. The quantitative estimate of drug-likeness (QED) is 0.839. The molecule has 27 heavy (non-hydrogen) atoms. The van der Waals surface area contributed by atoms with Gasteiger partial charge in [0.05, 0.1) is 30.8 Å². The van der Waals surface area contributed by atoms with E-state index < -0.39 is 0 Å². The van der Waals surface area contributed by atoms with Crippen molar-refractivity contribution >= 4 is 16.8 Å². The molecule has 2 aromatic rings. The number of hydrogen-bond donors (Lipinski definition) is 0. The number of ether oxygens (including phenoxy) is 1. The van der Waals surface area contributed by atoms with Gasteiger partial charge in [0.1, 0.15) is 5.60 Å². The van der Waals surface area contributed by atoms with E-state index in [9.17, 15) is 4.79 Å². The Morgan fingerprint density at radius 1 is 1.22 bits per heavy atom. The zero-order valence-electron chi connectivity index (χ0n) is 15.8. The number of rotatable bonds is 3. The summed E-state index contributed by atoms with van der Waals surface area (Å²) in [6, 6.07) is 9.86. The summed E-state index contributed by atoms with van der Waals surface area (Å²) in [5.41, 5.74) is 1.50. The van der Waals surface area contributed by atoms with Crippen LogP contribution in [0, 0.1) is 5.92 Å². The second kappa shape index (κ2) is 6.88. The molecule has 5 rings (SSSR count). The molecule has 5 heteroatoms. The highest BCUT2D eigenvalue weighted by atomic mass is 16.5. The van der Waals surface area contributed by atoms with Gasteiger partial charge in [-0.3, -0.25) is 9.78 Å². The molecule has 3 aliphatic rings. The highest BCUT2D eigenvalue weighted by Crippen LogP contribution is 2.37. The van der Waals surface area contributed by atoms with E-state index in [4.69, 9.17) is 4.74 Å². The Labute approximate surface area is 160 Å². The van der Waals surface area contributed by atoms with Crippen LogP contribution in [0.3, 0.4) is 0 Å². The molecule has 0 aliphatic carbocycles. The van der Waals surface area contributed by atoms with Gasteiger partial charge in [-0.25, -0.2) is 0 Å². The third kappa shape index (κ3) is 3.34. The summed E-state index contributed by atoms with van der Waals surface area (Å²) in [6.45, 7) is 5.97. The van der Waals surface area contributed by atoms with Crippen molar-refractivity contribution < 1.29 is 9.53 Å². The molecule has 1 atom stereocenters. The Kier molecular flexibility index (Phi) is 4.37. The summed E-state index contributed by atoms with van der Waals surface area (Å²) in [5, 5.41) is 1.01. The van der Waals surface area contributed by atoms with E-state index in [-0.39, 0.29) is 11.5 Å². The van der Waals surface area contributed by atoms with E-state index >= 15 is 0 Å². The van der Waals surface area contributed by atoms with Gasteiger partial charge >= 0.3 is 0 Å². The molecule has 1 aromatic heterocycles. The summed E-state index contributed by atoms with van der Waals surface area (Å²) >= 11 is 0. The van der Waals surface area contributed by atoms with E-state index in [2.05, 4.69) is 9.88 Å². The average molecular weight is 365 g/mol. The van der Waals surface area contributed by atoms with Crippen LogP contribution in [0.2, 0.25) is 0 Å². The normalized spacial score (nSPS) is 25.0. The van der Waals surface area contributed by atoms with Crippen molar-refractivity contribution in [3.8, 4) is 0 Å². The number of fused-ring (bicyclic) bond motifs is 1. The molecule has 0 radical (unpaired) electrons. The molecule has 3 saturated heterocycles. The fourth-order valence-corrected chi connectivity index (χ4v) is 4.80. The maximum atomic E-state index is 12.8. The van der Waals surface area contributed by atoms with Crippen molar-refractivity contribution in [2.24, 2.45) is 5.92 Å². The Balaban J connectivity index is 1.17. The number of para-hydroxylation sites is 1. The maximum absolute atomic E-state index is 12.8. The van der Waals surface area contributed by atoms with Gasteiger partial charge in [-0.2, -0.15) is 0 Å². The first kappa shape index (κ1) is 17.1. The molecule has 1 spiro atoms. The van der Waals surface area contributed by atoms with E-state index in [1.165, 1.54) is 38.9 Å². The Morgan fingerprint density at radius 2 is 2.04 bits per heavy atom. The summed E-state index contributed by atoms with van der Waals surface area (Å²) < 4.78 is 6.27. The van der Waals surface area contributed by atoms with Crippen molar-refractivity contribution in [1.82, 2.24) is 14.8 Å². The molecule has 1 aromatic carbocycles. The van der Waals surface area contributed by atoms with Gasteiger partial charge in [-0.15, -0.1) is 0 Å². The Bertz CT molecular complexity index is 830. The minimum absolute atomic E-state index is 0.0710. The molecule has 1 amide bonds. The number of amides is 1. The lowest BCUT2D eigenvalue weighted by Crippen LogP contribution is -2.66. The number of nitrogens with zero attached hydrogens (tertiary/aromatic N) is 3. The number of carbonyl (C=O) groups excluding carboxylic acids is 1. The van der Waals surface area contributed by atoms with Crippen LogP contribution in [-0.2, 0) is 4.74 Å². The zero-order valence-corrected chi connectivity index (χ0v) is 15.8. The molecule has 3 aliphatic heterocycles. The van der Waals surface area contributed by atoms with Crippen LogP contribution in [0.1, 0.15) is 36.0 Å². The first-order valence-electron chi connectivity index (χ1n) is 10.2. The van der Waals surface area contributed by atoms with Crippen molar-refractivity contribution in [3.05, 3.63) is 42.1 Å². The van der Waals surface area contributed by atoms with Crippen LogP contribution in [0.4, 0.5) is 0 Å². The molecule has 5 nitrogen and oxygen atoms in total. The first-order valence-corrected chi connectivity index (χ1v) is 10.2. The topological polar surface area (TPSA) is 45.7 Å². The van der Waals surface area contributed by atoms with Crippen molar-refractivity contribution in [2.45, 2.75) is 31.3 Å². The minimum Gasteiger partial charge on any atom is -0.371 e. The summed E-state index contributed by atoms with van der Waals surface area (Å²) in [5.74, 6) is 0.727. The third-order valence-electron chi connectivity index (χ3n) is 6.43. The van der Waals surface area contributed by atoms with E-state index in [1.807, 2.05) is 35.2 Å². The fraction of sp³-hybridized carbons (Fsp3) is 0.545. The molecular weight excluding hydrogens is 338 g/mol. The third-order valence-corrected chi connectivity index (χ3v) is 6.43. The van der Waals surface area contributed by atoms with Crippen LogP contribution in [0.15, 0.2) is 36.5 Å².